The van der Waals surface area contributed by atoms with E-state index in [1.54, 1.807) is 29.2 Å². The maximum absolute atomic E-state index is 12.3. The van der Waals surface area contributed by atoms with Crippen LogP contribution in [0.15, 0.2) is 24.3 Å². The molecule has 2 heterocycles. The van der Waals surface area contributed by atoms with Crippen LogP contribution in [0.5, 0.6) is 0 Å². The Labute approximate surface area is 160 Å². The van der Waals surface area contributed by atoms with E-state index in [2.05, 4.69) is 17.1 Å². The van der Waals surface area contributed by atoms with E-state index in [9.17, 15) is 14.4 Å². The third-order valence-corrected chi connectivity index (χ3v) is 5.31. The van der Waals surface area contributed by atoms with Crippen LogP contribution >= 0.6 is 0 Å². The lowest BCUT2D eigenvalue weighted by molar-refractivity contribution is -0.132. The molecular formula is C20H28N4O3. The Bertz CT molecular complexity index is 681. The Morgan fingerprint density at radius 3 is 2.33 bits per heavy atom. The number of hydrogen-bond acceptors (Lipinski definition) is 4. The van der Waals surface area contributed by atoms with Crippen molar-refractivity contribution in [3.63, 3.8) is 0 Å². The third-order valence-electron chi connectivity index (χ3n) is 5.31. The predicted molar refractivity (Wildman–Crippen MR) is 104 cm³/mol. The topological polar surface area (TPSA) is 73.0 Å². The van der Waals surface area contributed by atoms with E-state index in [1.807, 2.05) is 4.90 Å². The Balaban J connectivity index is 1.42. The monoisotopic (exact) mass is 372 g/mol. The van der Waals surface area contributed by atoms with Gasteiger partial charge in [-0.3, -0.25) is 14.4 Å². The lowest BCUT2D eigenvalue weighted by Crippen LogP contribution is -2.49. The van der Waals surface area contributed by atoms with Crippen molar-refractivity contribution >= 4 is 23.4 Å². The maximum atomic E-state index is 12.3. The molecule has 1 N–H and O–H groups in total. The minimum Gasteiger partial charge on any atom is -0.352 e. The van der Waals surface area contributed by atoms with Gasteiger partial charge in [-0.05, 0) is 37.2 Å². The second-order valence-corrected chi connectivity index (χ2v) is 7.02. The molecule has 0 aliphatic carbocycles. The standard InChI is InChI=1S/C20H28N4O3/c1-2-22-12-14-23(15-13-22)18(25)9-10-21-20(27)16-5-7-17(8-6-16)24-11-3-4-19(24)26/h5-8H,2-4,9-15H2,1H3,(H,21,27). The molecule has 3 rings (SSSR count). The lowest BCUT2D eigenvalue weighted by atomic mass is 10.2. The number of amides is 3. The fraction of sp³-hybridized carbons (Fsp3) is 0.550. The zero-order valence-corrected chi connectivity index (χ0v) is 15.9. The maximum Gasteiger partial charge on any atom is 0.251 e. The number of carbonyl (C=O) groups is 3. The van der Waals surface area contributed by atoms with Crippen LogP contribution in [0.3, 0.4) is 0 Å². The van der Waals surface area contributed by atoms with Gasteiger partial charge in [0.05, 0.1) is 0 Å². The highest BCUT2D eigenvalue weighted by Crippen LogP contribution is 2.21. The van der Waals surface area contributed by atoms with Crippen molar-refractivity contribution in [2.75, 3.05) is 50.7 Å². The van der Waals surface area contributed by atoms with Gasteiger partial charge in [0.1, 0.15) is 0 Å². The molecule has 0 unspecified atom stereocenters. The minimum atomic E-state index is -0.196. The molecule has 0 atom stereocenters. The van der Waals surface area contributed by atoms with Crippen LogP contribution in [0.4, 0.5) is 5.69 Å². The van der Waals surface area contributed by atoms with Gasteiger partial charge in [0.25, 0.3) is 5.91 Å². The summed E-state index contributed by atoms with van der Waals surface area (Å²) in [6, 6.07) is 7.05. The quantitative estimate of drug-likeness (QED) is 0.812. The number of anilines is 1. The first-order valence-corrected chi connectivity index (χ1v) is 9.77. The molecular weight excluding hydrogens is 344 g/mol. The molecule has 0 spiro atoms. The van der Waals surface area contributed by atoms with E-state index < -0.39 is 0 Å². The van der Waals surface area contributed by atoms with Gasteiger partial charge in [0, 0.05) is 63.4 Å². The van der Waals surface area contributed by atoms with Crippen molar-refractivity contribution in [1.29, 1.82) is 0 Å². The zero-order valence-electron chi connectivity index (χ0n) is 15.9. The highest BCUT2D eigenvalue weighted by molar-refractivity contribution is 5.97. The summed E-state index contributed by atoms with van der Waals surface area (Å²) in [6.07, 6.45) is 1.78. The summed E-state index contributed by atoms with van der Waals surface area (Å²) < 4.78 is 0. The van der Waals surface area contributed by atoms with E-state index in [-0.39, 0.29) is 17.7 Å². The van der Waals surface area contributed by atoms with E-state index in [4.69, 9.17) is 0 Å². The molecule has 1 aromatic rings. The molecule has 2 aliphatic heterocycles. The Hall–Kier alpha value is -2.41. The molecule has 0 saturated carbocycles. The molecule has 1 aromatic carbocycles. The lowest BCUT2D eigenvalue weighted by Gasteiger charge is -2.34. The first kappa shape index (κ1) is 19.4. The zero-order chi connectivity index (χ0) is 19.2. The van der Waals surface area contributed by atoms with Crippen LogP contribution in [-0.2, 0) is 9.59 Å². The molecule has 7 heteroatoms. The molecule has 0 bridgehead atoms. The van der Waals surface area contributed by atoms with Crippen LogP contribution in [0.2, 0.25) is 0 Å². The van der Waals surface area contributed by atoms with E-state index >= 15 is 0 Å². The van der Waals surface area contributed by atoms with Gasteiger partial charge in [-0.15, -0.1) is 0 Å². The molecule has 7 nitrogen and oxygen atoms in total. The van der Waals surface area contributed by atoms with Crippen molar-refractivity contribution in [3.8, 4) is 0 Å². The molecule has 2 aliphatic rings. The van der Waals surface area contributed by atoms with E-state index in [0.717, 1.165) is 51.4 Å². The second-order valence-electron chi connectivity index (χ2n) is 7.02. The summed E-state index contributed by atoms with van der Waals surface area (Å²) in [6.45, 7) is 7.57. The van der Waals surface area contributed by atoms with Gasteiger partial charge in [-0.2, -0.15) is 0 Å². The summed E-state index contributed by atoms with van der Waals surface area (Å²) in [5.41, 5.74) is 1.37. The molecule has 0 radical (unpaired) electrons. The van der Waals surface area contributed by atoms with Gasteiger partial charge in [-0.25, -0.2) is 0 Å². The van der Waals surface area contributed by atoms with E-state index in [0.29, 0.717) is 24.9 Å². The number of rotatable bonds is 6. The number of nitrogens with zero attached hydrogens (tertiary/aromatic N) is 3. The molecule has 0 aromatic heterocycles. The molecule has 3 amide bonds. The fourth-order valence-electron chi connectivity index (χ4n) is 3.57. The number of benzene rings is 1. The van der Waals surface area contributed by atoms with Crippen molar-refractivity contribution < 1.29 is 14.4 Å². The van der Waals surface area contributed by atoms with Crippen molar-refractivity contribution in [2.24, 2.45) is 0 Å². The van der Waals surface area contributed by atoms with Gasteiger partial charge in [-0.1, -0.05) is 6.92 Å². The molecule has 146 valence electrons. The average molecular weight is 372 g/mol. The largest absolute Gasteiger partial charge is 0.352 e. The Morgan fingerprint density at radius 2 is 1.74 bits per heavy atom. The average Bonchev–Trinajstić information content (AvgIpc) is 3.14. The number of carbonyl (C=O) groups excluding carboxylic acids is 3. The molecule has 27 heavy (non-hydrogen) atoms. The van der Waals surface area contributed by atoms with Crippen LogP contribution in [0.25, 0.3) is 0 Å². The first-order valence-electron chi connectivity index (χ1n) is 9.77. The Morgan fingerprint density at radius 1 is 1.04 bits per heavy atom. The third kappa shape index (κ3) is 4.86. The number of piperazine rings is 1. The van der Waals surface area contributed by atoms with Crippen molar-refractivity contribution in [1.82, 2.24) is 15.1 Å². The van der Waals surface area contributed by atoms with E-state index in [1.165, 1.54) is 0 Å². The number of likely N-dealkylation sites (N-methyl/N-ethyl adjacent to an activating group) is 1. The first-order chi connectivity index (χ1) is 13.1. The van der Waals surface area contributed by atoms with Crippen LogP contribution in [0, 0.1) is 0 Å². The smallest absolute Gasteiger partial charge is 0.251 e. The number of nitrogens with one attached hydrogen (secondary N) is 1. The van der Waals surface area contributed by atoms with Gasteiger partial charge in [0.15, 0.2) is 0 Å². The van der Waals surface area contributed by atoms with Gasteiger partial charge < -0.3 is 20.0 Å². The fourth-order valence-corrected chi connectivity index (χ4v) is 3.57. The van der Waals surface area contributed by atoms with Crippen molar-refractivity contribution in [3.05, 3.63) is 29.8 Å². The van der Waals surface area contributed by atoms with Gasteiger partial charge >= 0.3 is 0 Å². The van der Waals surface area contributed by atoms with Crippen LogP contribution < -0.4 is 10.2 Å². The summed E-state index contributed by atoms with van der Waals surface area (Å²) >= 11 is 0. The molecule has 2 saturated heterocycles. The second kappa shape index (κ2) is 8.99. The van der Waals surface area contributed by atoms with Crippen LogP contribution in [-0.4, -0.2) is 73.3 Å². The summed E-state index contributed by atoms with van der Waals surface area (Å²) in [5.74, 6) is 0.0253. The summed E-state index contributed by atoms with van der Waals surface area (Å²) in [7, 11) is 0. The van der Waals surface area contributed by atoms with Crippen LogP contribution in [0.1, 0.15) is 36.5 Å². The number of hydrogen-bond donors (Lipinski definition) is 1. The van der Waals surface area contributed by atoms with Crippen molar-refractivity contribution in [2.45, 2.75) is 26.2 Å². The normalized spacial score (nSPS) is 18.0. The summed E-state index contributed by atoms with van der Waals surface area (Å²) in [4.78, 5) is 42.2. The Kier molecular flexibility index (Phi) is 6.45. The minimum absolute atomic E-state index is 0.0916. The predicted octanol–water partition coefficient (Wildman–Crippen LogP) is 1.10. The summed E-state index contributed by atoms with van der Waals surface area (Å²) in [5, 5.41) is 2.81. The van der Waals surface area contributed by atoms with Gasteiger partial charge in [0.2, 0.25) is 11.8 Å². The highest BCUT2D eigenvalue weighted by Gasteiger charge is 2.22. The molecule has 2 fully saturated rings. The highest BCUT2D eigenvalue weighted by atomic mass is 16.2. The SMILES string of the molecule is CCN1CCN(C(=O)CCNC(=O)c2ccc(N3CCCC3=O)cc2)CC1.